The third-order valence-electron chi connectivity index (χ3n) is 5.46. The number of carbonyl (C=O) groups is 2. The number of halogens is 1. The van der Waals surface area contributed by atoms with Crippen molar-refractivity contribution < 1.29 is 14.3 Å². The summed E-state index contributed by atoms with van der Waals surface area (Å²) in [4.78, 5) is 35.0. The first-order chi connectivity index (χ1) is 14.1. The summed E-state index contributed by atoms with van der Waals surface area (Å²) >= 11 is 3.43. The quantitative estimate of drug-likeness (QED) is 0.743. The summed E-state index contributed by atoms with van der Waals surface area (Å²) in [5, 5.41) is 3.14. The van der Waals surface area contributed by atoms with Gasteiger partial charge < -0.3 is 15.0 Å². The number of amides is 2. The van der Waals surface area contributed by atoms with Crippen LogP contribution in [0.3, 0.4) is 0 Å². The average molecular weight is 459 g/mol. The molecule has 1 atom stereocenters. The maximum Gasteiger partial charge on any atom is 0.232 e. The van der Waals surface area contributed by atoms with Crippen LogP contribution >= 0.6 is 15.9 Å². The number of hydrogen-bond acceptors (Lipinski definition) is 5. The smallest absolute Gasteiger partial charge is 0.232 e. The largest absolute Gasteiger partial charge is 0.473 e. The molecule has 1 aromatic heterocycles. The Hall–Kier alpha value is -2.48. The summed E-state index contributed by atoms with van der Waals surface area (Å²) < 4.78 is 6.77. The zero-order valence-electron chi connectivity index (χ0n) is 16.0. The minimum absolute atomic E-state index is 0.00988. The Labute approximate surface area is 178 Å². The Morgan fingerprint density at radius 3 is 2.76 bits per heavy atom. The van der Waals surface area contributed by atoms with Gasteiger partial charge in [-0.15, -0.1) is 0 Å². The number of ether oxygens (including phenoxy) is 1. The third kappa shape index (κ3) is 4.93. The highest BCUT2D eigenvalue weighted by Gasteiger charge is 2.36. The van der Waals surface area contributed by atoms with Crippen molar-refractivity contribution >= 4 is 33.4 Å². The lowest BCUT2D eigenvalue weighted by Gasteiger charge is -2.29. The molecular formula is C21H23BrN4O3. The minimum Gasteiger partial charge on any atom is -0.473 e. The Morgan fingerprint density at radius 1 is 1.21 bits per heavy atom. The van der Waals surface area contributed by atoms with Gasteiger partial charge >= 0.3 is 0 Å². The molecule has 152 valence electrons. The summed E-state index contributed by atoms with van der Waals surface area (Å²) in [6.45, 7) is 0.423. The van der Waals surface area contributed by atoms with Crippen LogP contribution in [-0.2, 0) is 9.59 Å². The normalized spacial score (nSPS) is 24.4. The van der Waals surface area contributed by atoms with E-state index in [4.69, 9.17) is 4.74 Å². The molecule has 29 heavy (non-hydrogen) atoms. The van der Waals surface area contributed by atoms with Gasteiger partial charge in [-0.3, -0.25) is 14.6 Å². The molecule has 2 aliphatic rings. The van der Waals surface area contributed by atoms with Crippen molar-refractivity contribution in [1.29, 1.82) is 0 Å². The van der Waals surface area contributed by atoms with Crippen molar-refractivity contribution in [1.82, 2.24) is 15.3 Å². The summed E-state index contributed by atoms with van der Waals surface area (Å²) in [5.74, 6) is 0.186. The highest BCUT2D eigenvalue weighted by atomic mass is 79.9. The van der Waals surface area contributed by atoms with Crippen molar-refractivity contribution in [2.24, 2.45) is 5.92 Å². The molecule has 1 aromatic carbocycles. The van der Waals surface area contributed by atoms with Crippen LogP contribution in [0.2, 0.25) is 0 Å². The first-order valence-corrected chi connectivity index (χ1v) is 10.7. The van der Waals surface area contributed by atoms with Gasteiger partial charge in [0.05, 0.1) is 12.1 Å². The highest BCUT2D eigenvalue weighted by Crippen LogP contribution is 2.28. The van der Waals surface area contributed by atoms with Crippen molar-refractivity contribution in [3.8, 4) is 5.88 Å². The van der Waals surface area contributed by atoms with Gasteiger partial charge in [-0.2, -0.15) is 0 Å². The molecule has 2 amide bonds. The molecule has 1 aliphatic carbocycles. The maximum absolute atomic E-state index is 12.7. The van der Waals surface area contributed by atoms with E-state index in [1.165, 1.54) is 0 Å². The van der Waals surface area contributed by atoms with E-state index < -0.39 is 0 Å². The monoisotopic (exact) mass is 458 g/mol. The summed E-state index contributed by atoms with van der Waals surface area (Å²) in [5.41, 5.74) is 0.821. The van der Waals surface area contributed by atoms with Gasteiger partial charge in [0.15, 0.2) is 0 Å². The topological polar surface area (TPSA) is 84.4 Å². The van der Waals surface area contributed by atoms with Crippen LogP contribution in [0, 0.1) is 5.92 Å². The molecule has 7 nitrogen and oxygen atoms in total. The Balaban J connectivity index is 1.26. The molecular weight excluding hydrogens is 436 g/mol. The van der Waals surface area contributed by atoms with E-state index in [9.17, 15) is 9.59 Å². The van der Waals surface area contributed by atoms with Crippen LogP contribution in [0.15, 0.2) is 47.3 Å². The lowest BCUT2D eigenvalue weighted by Crippen LogP contribution is -2.43. The van der Waals surface area contributed by atoms with Gasteiger partial charge in [-0.1, -0.05) is 22.0 Å². The lowest BCUT2D eigenvalue weighted by atomic mass is 9.92. The fraction of sp³-hybridized carbons (Fsp3) is 0.429. The van der Waals surface area contributed by atoms with Crippen LogP contribution in [0.5, 0.6) is 5.88 Å². The first-order valence-electron chi connectivity index (χ1n) is 9.87. The molecule has 4 rings (SSSR count). The molecule has 2 heterocycles. The van der Waals surface area contributed by atoms with Gasteiger partial charge in [0.25, 0.3) is 0 Å². The second kappa shape index (κ2) is 8.90. The molecule has 1 unspecified atom stereocenters. The lowest BCUT2D eigenvalue weighted by molar-refractivity contribution is -0.127. The van der Waals surface area contributed by atoms with Crippen molar-refractivity contribution in [2.75, 3.05) is 11.4 Å². The SMILES string of the molecule is O=C(NC1CCC(Oc2cnccn2)CC1)C1CC(=O)N(c2cccc(Br)c2)C1. The number of rotatable bonds is 5. The Kier molecular flexibility index (Phi) is 6.08. The molecule has 2 fully saturated rings. The van der Waals surface area contributed by atoms with Crippen molar-refractivity contribution in [3.63, 3.8) is 0 Å². The van der Waals surface area contributed by atoms with Crippen molar-refractivity contribution in [2.45, 2.75) is 44.2 Å². The minimum atomic E-state index is -0.310. The van der Waals surface area contributed by atoms with E-state index in [1.54, 1.807) is 23.5 Å². The molecule has 8 heteroatoms. The Bertz CT molecular complexity index is 871. The van der Waals surface area contributed by atoms with Crippen molar-refractivity contribution in [3.05, 3.63) is 47.3 Å². The second-order valence-electron chi connectivity index (χ2n) is 7.53. The fourth-order valence-corrected chi connectivity index (χ4v) is 4.33. The first kappa shape index (κ1) is 19.8. The van der Waals surface area contributed by atoms with Crippen LogP contribution < -0.4 is 15.0 Å². The van der Waals surface area contributed by atoms with Crippen LogP contribution in [0.4, 0.5) is 5.69 Å². The standard InChI is InChI=1S/C21H23BrN4O3/c22-15-2-1-3-17(11-15)26-13-14(10-20(26)27)21(28)25-16-4-6-18(7-5-16)29-19-12-23-8-9-24-19/h1-3,8-9,11-12,14,16,18H,4-7,10,13H2,(H,25,28). The summed E-state index contributed by atoms with van der Waals surface area (Å²) in [7, 11) is 0. The van der Waals surface area contributed by atoms with Crippen LogP contribution in [0.1, 0.15) is 32.1 Å². The van der Waals surface area contributed by atoms with Crippen LogP contribution in [0.25, 0.3) is 0 Å². The number of carbonyl (C=O) groups excluding carboxylic acids is 2. The number of benzene rings is 1. The fourth-order valence-electron chi connectivity index (χ4n) is 3.94. The van der Waals surface area contributed by atoms with Gasteiger partial charge in [-0.25, -0.2) is 4.98 Å². The predicted molar refractivity (Wildman–Crippen MR) is 111 cm³/mol. The van der Waals surface area contributed by atoms with Crippen LogP contribution in [-0.4, -0.2) is 40.5 Å². The van der Waals surface area contributed by atoms with E-state index in [0.717, 1.165) is 35.8 Å². The van der Waals surface area contributed by atoms with E-state index in [1.807, 2.05) is 24.3 Å². The number of nitrogens with one attached hydrogen (secondary N) is 1. The molecule has 1 saturated carbocycles. The van der Waals surface area contributed by atoms with Gasteiger partial charge in [0, 0.05) is 41.6 Å². The third-order valence-corrected chi connectivity index (χ3v) is 5.96. The van der Waals surface area contributed by atoms with Gasteiger partial charge in [0.1, 0.15) is 6.10 Å². The zero-order chi connectivity index (χ0) is 20.2. The number of aromatic nitrogens is 2. The number of hydrogen-bond donors (Lipinski definition) is 1. The molecule has 1 saturated heterocycles. The molecule has 0 bridgehead atoms. The summed E-state index contributed by atoms with van der Waals surface area (Å²) in [6.07, 6.45) is 8.61. The molecule has 2 aromatic rings. The predicted octanol–water partition coefficient (Wildman–Crippen LogP) is 3.10. The summed E-state index contributed by atoms with van der Waals surface area (Å²) in [6, 6.07) is 7.72. The number of anilines is 1. The highest BCUT2D eigenvalue weighted by molar-refractivity contribution is 9.10. The average Bonchev–Trinajstić information content (AvgIpc) is 3.12. The number of nitrogens with zero attached hydrogens (tertiary/aromatic N) is 3. The molecule has 0 spiro atoms. The molecule has 0 radical (unpaired) electrons. The molecule has 1 N–H and O–H groups in total. The maximum atomic E-state index is 12.7. The Morgan fingerprint density at radius 2 is 2.03 bits per heavy atom. The zero-order valence-corrected chi connectivity index (χ0v) is 17.5. The van der Waals surface area contributed by atoms with Gasteiger partial charge in [-0.05, 0) is 43.9 Å². The van der Waals surface area contributed by atoms with Gasteiger partial charge in [0.2, 0.25) is 17.7 Å². The van der Waals surface area contributed by atoms with E-state index in [0.29, 0.717) is 12.4 Å². The van der Waals surface area contributed by atoms with E-state index in [-0.39, 0.29) is 36.3 Å². The van der Waals surface area contributed by atoms with E-state index >= 15 is 0 Å². The molecule has 1 aliphatic heterocycles. The second-order valence-corrected chi connectivity index (χ2v) is 8.44. The van der Waals surface area contributed by atoms with E-state index in [2.05, 4.69) is 31.2 Å².